The Balaban J connectivity index is 2.16. The Morgan fingerprint density at radius 2 is 2.43 bits per heavy atom. The molecule has 4 heteroatoms. The third-order valence-electron chi connectivity index (χ3n) is 2.03. The molecule has 0 saturated heterocycles. The van der Waals surface area contributed by atoms with Gasteiger partial charge in [-0.25, -0.2) is 0 Å². The molecule has 14 heavy (non-hydrogen) atoms. The first kappa shape index (κ1) is 11.9. The average molecular weight is 231 g/mol. The highest BCUT2D eigenvalue weighted by molar-refractivity contribution is 7.84. The van der Waals surface area contributed by atoms with Crippen LogP contribution in [-0.2, 0) is 10.8 Å². The molecule has 0 aliphatic rings. The Morgan fingerprint density at radius 1 is 1.64 bits per heavy atom. The summed E-state index contributed by atoms with van der Waals surface area (Å²) in [7, 11) is -0.654. The SMILES string of the molecule is CC(NCCCS(C)=O)c1cccs1. The molecule has 2 atom stereocenters. The topological polar surface area (TPSA) is 29.1 Å². The van der Waals surface area contributed by atoms with Gasteiger partial charge in [-0.05, 0) is 31.3 Å². The Labute approximate surface area is 92.2 Å². The standard InChI is InChI=1S/C10H17NOS2/c1-9(10-5-3-7-13-10)11-6-4-8-14(2)12/h3,5,7,9,11H,4,6,8H2,1-2H3. The van der Waals surface area contributed by atoms with E-state index in [2.05, 4.69) is 29.8 Å². The zero-order valence-corrected chi connectivity index (χ0v) is 10.3. The lowest BCUT2D eigenvalue weighted by Gasteiger charge is -2.11. The van der Waals surface area contributed by atoms with Crippen molar-refractivity contribution in [1.82, 2.24) is 5.32 Å². The molecule has 0 fully saturated rings. The van der Waals surface area contributed by atoms with Crippen LogP contribution in [0.15, 0.2) is 17.5 Å². The third kappa shape index (κ3) is 4.35. The molecule has 0 bridgehead atoms. The number of hydrogen-bond donors (Lipinski definition) is 1. The molecule has 2 unspecified atom stereocenters. The van der Waals surface area contributed by atoms with Crippen molar-refractivity contribution in [2.24, 2.45) is 0 Å². The molecule has 1 aromatic rings. The highest BCUT2D eigenvalue weighted by Crippen LogP contribution is 2.17. The zero-order valence-electron chi connectivity index (χ0n) is 8.66. The number of rotatable bonds is 6. The van der Waals surface area contributed by atoms with Crippen molar-refractivity contribution in [3.05, 3.63) is 22.4 Å². The molecule has 0 aliphatic heterocycles. The van der Waals surface area contributed by atoms with Crippen molar-refractivity contribution in [3.63, 3.8) is 0 Å². The lowest BCUT2D eigenvalue weighted by atomic mass is 10.2. The van der Waals surface area contributed by atoms with Gasteiger partial charge in [0, 0.05) is 33.7 Å². The van der Waals surface area contributed by atoms with E-state index in [1.165, 1.54) is 4.88 Å². The maximum absolute atomic E-state index is 10.8. The Kier molecular flexibility index (Phi) is 5.37. The van der Waals surface area contributed by atoms with Crippen LogP contribution < -0.4 is 5.32 Å². The van der Waals surface area contributed by atoms with Gasteiger partial charge in [0.25, 0.3) is 0 Å². The summed E-state index contributed by atoms with van der Waals surface area (Å²) in [5.41, 5.74) is 0. The van der Waals surface area contributed by atoms with Gasteiger partial charge in [-0.3, -0.25) is 4.21 Å². The molecule has 1 heterocycles. The van der Waals surface area contributed by atoms with Crippen LogP contribution in [0.1, 0.15) is 24.3 Å². The first-order valence-electron chi connectivity index (χ1n) is 4.77. The average Bonchev–Trinajstić information content (AvgIpc) is 2.64. The van der Waals surface area contributed by atoms with E-state index in [0.717, 1.165) is 18.7 Å². The molecule has 1 aromatic heterocycles. The van der Waals surface area contributed by atoms with Crippen LogP contribution in [0.2, 0.25) is 0 Å². The van der Waals surface area contributed by atoms with E-state index >= 15 is 0 Å². The van der Waals surface area contributed by atoms with Gasteiger partial charge in [-0.15, -0.1) is 11.3 Å². The Bertz CT molecular complexity index is 272. The van der Waals surface area contributed by atoms with Gasteiger partial charge >= 0.3 is 0 Å². The summed E-state index contributed by atoms with van der Waals surface area (Å²) >= 11 is 1.77. The minimum absolute atomic E-state index is 0.417. The fourth-order valence-electron chi connectivity index (χ4n) is 1.23. The lowest BCUT2D eigenvalue weighted by molar-refractivity contribution is 0.578. The monoisotopic (exact) mass is 231 g/mol. The van der Waals surface area contributed by atoms with Crippen LogP contribution in [0.5, 0.6) is 0 Å². The largest absolute Gasteiger partial charge is 0.309 e. The summed E-state index contributed by atoms with van der Waals surface area (Å²) < 4.78 is 10.8. The Morgan fingerprint density at radius 3 is 3.00 bits per heavy atom. The van der Waals surface area contributed by atoms with Gasteiger partial charge in [0.15, 0.2) is 0 Å². The summed E-state index contributed by atoms with van der Waals surface area (Å²) in [6, 6.07) is 4.62. The zero-order chi connectivity index (χ0) is 10.4. The van der Waals surface area contributed by atoms with E-state index in [4.69, 9.17) is 0 Å². The molecule has 1 rings (SSSR count). The Hall–Kier alpha value is -0.190. The van der Waals surface area contributed by atoms with Gasteiger partial charge in [0.05, 0.1) is 0 Å². The molecule has 80 valence electrons. The highest BCUT2D eigenvalue weighted by Gasteiger charge is 2.04. The highest BCUT2D eigenvalue weighted by atomic mass is 32.2. The van der Waals surface area contributed by atoms with Gasteiger partial charge < -0.3 is 5.32 Å². The number of thiophene rings is 1. The van der Waals surface area contributed by atoms with E-state index in [1.807, 2.05) is 0 Å². The predicted molar refractivity (Wildman–Crippen MR) is 64.3 cm³/mol. The molecular formula is C10H17NOS2. The quantitative estimate of drug-likeness (QED) is 0.760. The van der Waals surface area contributed by atoms with Gasteiger partial charge in [-0.1, -0.05) is 6.07 Å². The van der Waals surface area contributed by atoms with Crippen molar-refractivity contribution in [1.29, 1.82) is 0 Å². The van der Waals surface area contributed by atoms with Crippen molar-refractivity contribution < 1.29 is 4.21 Å². The van der Waals surface area contributed by atoms with E-state index in [9.17, 15) is 4.21 Å². The second-order valence-electron chi connectivity index (χ2n) is 3.32. The fourth-order valence-corrected chi connectivity index (χ4v) is 2.54. The van der Waals surface area contributed by atoms with Crippen molar-refractivity contribution in [3.8, 4) is 0 Å². The van der Waals surface area contributed by atoms with Gasteiger partial charge in [-0.2, -0.15) is 0 Å². The van der Waals surface area contributed by atoms with E-state index in [-0.39, 0.29) is 0 Å². The van der Waals surface area contributed by atoms with Crippen LogP contribution in [0.4, 0.5) is 0 Å². The molecule has 0 saturated carbocycles. The minimum Gasteiger partial charge on any atom is -0.309 e. The normalized spacial score (nSPS) is 15.3. The van der Waals surface area contributed by atoms with Crippen LogP contribution in [0, 0.1) is 0 Å². The second kappa shape index (κ2) is 6.32. The first-order valence-corrected chi connectivity index (χ1v) is 7.37. The molecule has 0 radical (unpaired) electrons. The summed E-state index contributed by atoms with van der Waals surface area (Å²) in [6.07, 6.45) is 2.74. The van der Waals surface area contributed by atoms with Crippen LogP contribution in [-0.4, -0.2) is 22.8 Å². The molecule has 0 aromatic carbocycles. The second-order valence-corrected chi connectivity index (χ2v) is 5.86. The summed E-state index contributed by atoms with van der Waals surface area (Å²) in [4.78, 5) is 1.36. The molecule has 0 amide bonds. The van der Waals surface area contributed by atoms with E-state index in [0.29, 0.717) is 6.04 Å². The fraction of sp³-hybridized carbons (Fsp3) is 0.600. The van der Waals surface area contributed by atoms with E-state index in [1.54, 1.807) is 17.6 Å². The smallest absolute Gasteiger partial charge is 0.0386 e. The lowest BCUT2D eigenvalue weighted by Crippen LogP contribution is -2.20. The van der Waals surface area contributed by atoms with E-state index < -0.39 is 10.8 Å². The number of nitrogens with one attached hydrogen (secondary N) is 1. The molecule has 0 aliphatic carbocycles. The molecule has 0 spiro atoms. The van der Waals surface area contributed by atoms with Crippen molar-refractivity contribution >= 4 is 22.1 Å². The van der Waals surface area contributed by atoms with Crippen LogP contribution in [0.25, 0.3) is 0 Å². The molecule has 2 nitrogen and oxygen atoms in total. The minimum atomic E-state index is -0.654. The summed E-state index contributed by atoms with van der Waals surface area (Å²) in [6.45, 7) is 3.10. The van der Waals surface area contributed by atoms with Crippen LogP contribution >= 0.6 is 11.3 Å². The first-order chi connectivity index (χ1) is 6.70. The van der Waals surface area contributed by atoms with Crippen molar-refractivity contribution in [2.45, 2.75) is 19.4 Å². The molecule has 1 N–H and O–H groups in total. The van der Waals surface area contributed by atoms with Crippen molar-refractivity contribution in [2.75, 3.05) is 18.6 Å². The predicted octanol–water partition coefficient (Wildman–Crippen LogP) is 2.17. The third-order valence-corrected chi connectivity index (χ3v) is 3.95. The number of hydrogen-bond acceptors (Lipinski definition) is 3. The molecular weight excluding hydrogens is 214 g/mol. The summed E-state index contributed by atoms with van der Waals surface area (Å²) in [5, 5.41) is 5.51. The van der Waals surface area contributed by atoms with Crippen LogP contribution in [0.3, 0.4) is 0 Å². The maximum atomic E-state index is 10.8. The van der Waals surface area contributed by atoms with Gasteiger partial charge in [0.1, 0.15) is 0 Å². The summed E-state index contributed by atoms with van der Waals surface area (Å²) in [5.74, 6) is 0.796. The maximum Gasteiger partial charge on any atom is 0.0386 e. The van der Waals surface area contributed by atoms with Gasteiger partial charge in [0.2, 0.25) is 0 Å².